The van der Waals surface area contributed by atoms with Crippen LogP contribution in [0.4, 0.5) is 16.4 Å². The van der Waals surface area contributed by atoms with Gasteiger partial charge in [0.25, 0.3) is 0 Å². The molecule has 7 rings (SSSR count). The zero-order chi connectivity index (χ0) is 23.5. The lowest BCUT2D eigenvalue weighted by molar-refractivity contribution is 0.0990. The minimum absolute atomic E-state index is 0.190. The molecule has 4 heteroatoms. The number of thiophene rings is 1. The smallest absolute Gasteiger partial charge is 0.197 e. The van der Waals surface area contributed by atoms with Crippen LogP contribution < -0.4 is 4.90 Å². The SMILES string of the molecule is O=C1C(=Cc2cc3c(s2)N(c2ccccc2)c2ccccc2C3)C(=O)c2cc3ccccc3cc21. The number of anilines is 3. The largest absolute Gasteiger partial charge is 0.301 e. The van der Waals surface area contributed by atoms with Crippen molar-refractivity contribution in [2.24, 2.45) is 0 Å². The number of ketones is 2. The molecule has 1 aliphatic carbocycles. The van der Waals surface area contributed by atoms with Gasteiger partial charge in [-0.05, 0) is 64.4 Å². The average Bonchev–Trinajstić information content (AvgIpc) is 3.40. The van der Waals surface area contributed by atoms with Gasteiger partial charge in [0, 0.05) is 28.1 Å². The van der Waals surface area contributed by atoms with E-state index in [4.69, 9.17) is 0 Å². The number of hydrogen-bond donors (Lipinski definition) is 0. The summed E-state index contributed by atoms with van der Waals surface area (Å²) in [5.74, 6) is -0.379. The van der Waals surface area contributed by atoms with Gasteiger partial charge in [-0.2, -0.15) is 0 Å². The second-order valence-electron chi connectivity index (χ2n) is 8.92. The molecule has 0 N–H and O–H groups in total. The van der Waals surface area contributed by atoms with E-state index >= 15 is 0 Å². The Bertz CT molecular complexity index is 1650. The molecule has 4 aromatic carbocycles. The van der Waals surface area contributed by atoms with Gasteiger partial charge < -0.3 is 4.90 Å². The summed E-state index contributed by atoms with van der Waals surface area (Å²) >= 11 is 1.62. The van der Waals surface area contributed by atoms with Gasteiger partial charge >= 0.3 is 0 Å². The third-order valence-corrected chi connectivity index (χ3v) is 7.90. The molecule has 0 bridgehead atoms. The normalized spacial score (nSPS) is 14.2. The molecule has 2 aliphatic rings. The highest BCUT2D eigenvalue weighted by molar-refractivity contribution is 7.17. The molecule has 3 nitrogen and oxygen atoms in total. The zero-order valence-electron chi connectivity index (χ0n) is 18.7. The lowest BCUT2D eigenvalue weighted by Gasteiger charge is -2.31. The van der Waals surface area contributed by atoms with Crippen molar-refractivity contribution in [3.8, 4) is 0 Å². The van der Waals surface area contributed by atoms with Crippen LogP contribution in [-0.2, 0) is 6.42 Å². The van der Waals surface area contributed by atoms with Crippen LogP contribution in [-0.4, -0.2) is 11.6 Å². The number of para-hydroxylation sites is 2. The number of carbonyl (C=O) groups is 2. The Balaban J connectivity index is 1.33. The van der Waals surface area contributed by atoms with Crippen molar-refractivity contribution < 1.29 is 9.59 Å². The van der Waals surface area contributed by atoms with Gasteiger partial charge in [0.05, 0.1) is 11.3 Å². The Kier molecular flexibility index (Phi) is 4.38. The lowest BCUT2D eigenvalue weighted by atomic mass is 9.99. The molecule has 0 unspecified atom stereocenters. The van der Waals surface area contributed by atoms with Crippen molar-refractivity contribution >= 4 is 56.1 Å². The van der Waals surface area contributed by atoms with Gasteiger partial charge in [-0.1, -0.05) is 60.7 Å². The Labute approximate surface area is 206 Å². The van der Waals surface area contributed by atoms with Crippen LogP contribution in [0.3, 0.4) is 0 Å². The third kappa shape index (κ3) is 3.11. The number of allylic oxidation sites excluding steroid dienone is 1. The van der Waals surface area contributed by atoms with Crippen molar-refractivity contribution in [1.29, 1.82) is 0 Å². The van der Waals surface area contributed by atoms with Crippen LogP contribution in [0.1, 0.15) is 36.7 Å². The molecule has 5 aromatic rings. The lowest BCUT2D eigenvalue weighted by Crippen LogP contribution is -2.16. The van der Waals surface area contributed by atoms with Gasteiger partial charge in [-0.15, -0.1) is 11.3 Å². The van der Waals surface area contributed by atoms with Crippen LogP contribution in [0.25, 0.3) is 16.8 Å². The summed E-state index contributed by atoms with van der Waals surface area (Å²) < 4.78 is 0. The average molecular weight is 470 g/mol. The van der Waals surface area contributed by atoms with E-state index in [0.717, 1.165) is 32.8 Å². The Morgan fingerprint density at radius 1 is 0.686 bits per heavy atom. The Hall–Kier alpha value is -4.28. The van der Waals surface area contributed by atoms with Gasteiger partial charge in [-0.25, -0.2) is 0 Å². The first kappa shape index (κ1) is 20.1. The predicted octanol–water partition coefficient (Wildman–Crippen LogP) is 7.74. The quantitative estimate of drug-likeness (QED) is 0.192. The Morgan fingerprint density at radius 2 is 1.31 bits per heavy atom. The maximum absolute atomic E-state index is 13.3. The van der Waals surface area contributed by atoms with Crippen LogP contribution in [0.2, 0.25) is 0 Å². The maximum atomic E-state index is 13.3. The molecule has 1 aliphatic heterocycles. The molecular formula is C31H19NO2S. The molecular weight excluding hydrogens is 450 g/mol. The van der Waals surface area contributed by atoms with Crippen molar-refractivity contribution in [3.05, 3.63) is 130 Å². The first-order valence-corrected chi connectivity index (χ1v) is 12.4. The number of carbonyl (C=O) groups excluding carboxylic acids is 2. The highest BCUT2D eigenvalue weighted by Crippen LogP contribution is 2.48. The fraction of sp³-hybridized carbons (Fsp3) is 0.0323. The molecule has 0 amide bonds. The van der Waals surface area contributed by atoms with E-state index in [1.807, 2.05) is 54.6 Å². The minimum atomic E-state index is -0.190. The van der Waals surface area contributed by atoms with E-state index in [2.05, 4.69) is 47.4 Å². The number of rotatable bonds is 2. The number of hydrogen-bond acceptors (Lipinski definition) is 4. The molecule has 166 valence electrons. The molecule has 0 radical (unpaired) electrons. The molecule has 2 heterocycles. The summed E-state index contributed by atoms with van der Waals surface area (Å²) in [6, 6.07) is 32.4. The summed E-state index contributed by atoms with van der Waals surface area (Å²) in [6.07, 6.45) is 2.61. The topological polar surface area (TPSA) is 37.4 Å². The van der Waals surface area contributed by atoms with Gasteiger partial charge in [0.2, 0.25) is 0 Å². The first-order valence-electron chi connectivity index (χ1n) is 11.6. The van der Waals surface area contributed by atoms with Crippen LogP contribution in [0.15, 0.2) is 103 Å². The first-order chi connectivity index (χ1) is 17.2. The molecule has 0 saturated heterocycles. The summed E-state index contributed by atoms with van der Waals surface area (Å²) in [5, 5.41) is 3.07. The van der Waals surface area contributed by atoms with Gasteiger partial charge in [0.1, 0.15) is 5.00 Å². The van der Waals surface area contributed by atoms with Crippen LogP contribution in [0.5, 0.6) is 0 Å². The van der Waals surface area contributed by atoms with Gasteiger partial charge in [0.15, 0.2) is 11.6 Å². The molecule has 0 fully saturated rings. The summed E-state index contributed by atoms with van der Waals surface area (Å²) in [4.78, 5) is 29.7. The molecule has 0 saturated carbocycles. The second kappa shape index (κ2) is 7.62. The Morgan fingerprint density at radius 3 is 2.03 bits per heavy atom. The van der Waals surface area contributed by atoms with Crippen molar-refractivity contribution in [3.63, 3.8) is 0 Å². The van der Waals surface area contributed by atoms with E-state index < -0.39 is 0 Å². The van der Waals surface area contributed by atoms with Gasteiger partial charge in [-0.3, -0.25) is 9.59 Å². The van der Waals surface area contributed by atoms with E-state index in [0.29, 0.717) is 11.1 Å². The summed E-state index contributed by atoms with van der Waals surface area (Å²) in [7, 11) is 0. The van der Waals surface area contributed by atoms with Crippen molar-refractivity contribution in [1.82, 2.24) is 0 Å². The minimum Gasteiger partial charge on any atom is -0.301 e. The van der Waals surface area contributed by atoms with E-state index in [-0.39, 0.29) is 17.1 Å². The van der Waals surface area contributed by atoms with Crippen molar-refractivity contribution in [2.75, 3.05) is 4.90 Å². The van der Waals surface area contributed by atoms with Crippen LogP contribution >= 0.6 is 11.3 Å². The fourth-order valence-electron chi connectivity index (χ4n) is 5.14. The molecule has 35 heavy (non-hydrogen) atoms. The summed E-state index contributed by atoms with van der Waals surface area (Å²) in [5.41, 5.74) is 5.96. The highest BCUT2D eigenvalue weighted by Gasteiger charge is 2.34. The zero-order valence-corrected chi connectivity index (χ0v) is 19.5. The fourth-order valence-corrected chi connectivity index (χ4v) is 6.29. The number of benzene rings is 4. The molecule has 1 aromatic heterocycles. The van der Waals surface area contributed by atoms with E-state index in [9.17, 15) is 9.59 Å². The standard InChI is InChI=1S/C31H19NO2S/c33-29-25-16-19-8-4-5-9-20(19)17-26(25)30(34)27(29)18-24-15-22-14-21-10-6-7-13-28(21)32(31(22)35-24)23-11-2-1-3-12-23/h1-13,15-18H,14H2. The van der Waals surface area contributed by atoms with E-state index in [1.54, 1.807) is 17.4 Å². The predicted molar refractivity (Wildman–Crippen MR) is 142 cm³/mol. The maximum Gasteiger partial charge on any atom is 0.197 e. The van der Waals surface area contributed by atoms with E-state index in [1.165, 1.54) is 16.8 Å². The number of Topliss-reactive ketones (excluding diaryl/α,β-unsaturated/α-hetero) is 2. The van der Waals surface area contributed by atoms with Crippen LogP contribution in [0, 0.1) is 0 Å². The molecule has 0 spiro atoms. The third-order valence-electron chi connectivity index (χ3n) is 6.79. The monoisotopic (exact) mass is 469 g/mol. The number of nitrogens with zero attached hydrogens (tertiary/aromatic N) is 1. The highest BCUT2D eigenvalue weighted by atomic mass is 32.1. The second-order valence-corrected chi connectivity index (χ2v) is 9.98. The molecule has 0 atom stereocenters. The van der Waals surface area contributed by atoms with Crippen molar-refractivity contribution in [2.45, 2.75) is 6.42 Å². The summed E-state index contributed by atoms with van der Waals surface area (Å²) in [6.45, 7) is 0. The number of fused-ring (bicyclic) bond motifs is 4.